The Kier molecular flexibility index (Phi) is 5.52. The summed E-state index contributed by atoms with van der Waals surface area (Å²) in [6.07, 6.45) is 0.910. The van der Waals surface area contributed by atoms with Crippen LogP contribution in [0.2, 0.25) is 0 Å². The van der Waals surface area contributed by atoms with Crippen LogP contribution in [0.25, 0.3) is 0 Å². The van der Waals surface area contributed by atoms with E-state index in [1.54, 1.807) is 0 Å². The minimum atomic E-state index is -0.241. The molecule has 2 aromatic carbocycles. The highest BCUT2D eigenvalue weighted by molar-refractivity contribution is 5.99. The van der Waals surface area contributed by atoms with Crippen molar-refractivity contribution in [1.29, 1.82) is 0 Å². The molecular weight excluding hydrogens is 288 g/mol. The monoisotopic (exact) mass is 310 g/mol. The second-order valence-corrected chi connectivity index (χ2v) is 5.66. The number of hydrogen-bond donors (Lipinski definition) is 2. The Balaban J connectivity index is 1.92. The van der Waals surface area contributed by atoms with E-state index in [2.05, 4.69) is 17.6 Å². The summed E-state index contributed by atoms with van der Waals surface area (Å²) in [6.45, 7) is 5.89. The van der Waals surface area contributed by atoms with Crippen molar-refractivity contribution < 1.29 is 9.59 Å². The average Bonchev–Trinajstić information content (AvgIpc) is 2.51. The van der Waals surface area contributed by atoms with Gasteiger partial charge in [0.05, 0.1) is 6.54 Å². The number of carbonyl (C=O) groups is 2. The molecule has 0 radical (unpaired) electrons. The van der Waals surface area contributed by atoms with Gasteiger partial charge in [-0.15, -0.1) is 0 Å². The lowest BCUT2D eigenvalue weighted by Gasteiger charge is -2.09. The van der Waals surface area contributed by atoms with E-state index in [-0.39, 0.29) is 18.4 Å². The highest BCUT2D eigenvalue weighted by Crippen LogP contribution is 2.11. The molecule has 0 aliphatic carbocycles. The fourth-order valence-corrected chi connectivity index (χ4v) is 2.44. The fraction of sp³-hybridized carbons (Fsp3) is 0.263. The molecule has 120 valence electrons. The molecule has 2 aromatic rings. The van der Waals surface area contributed by atoms with E-state index in [4.69, 9.17) is 0 Å². The normalized spacial score (nSPS) is 10.2. The Bertz CT molecular complexity index is 703. The summed E-state index contributed by atoms with van der Waals surface area (Å²) in [6, 6.07) is 13.3. The summed E-state index contributed by atoms with van der Waals surface area (Å²) in [5, 5.41) is 5.44. The Labute approximate surface area is 136 Å². The zero-order valence-electron chi connectivity index (χ0n) is 13.8. The molecule has 2 amide bonds. The third-order valence-electron chi connectivity index (χ3n) is 3.51. The smallest absolute Gasteiger partial charge is 0.251 e. The first-order chi connectivity index (χ1) is 11.0. The number of aryl methyl sites for hydroxylation is 3. The van der Waals surface area contributed by atoms with Crippen molar-refractivity contribution in [2.24, 2.45) is 0 Å². The van der Waals surface area contributed by atoms with Gasteiger partial charge < -0.3 is 10.6 Å². The molecule has 0 heterocycles. The van der Waals surface area contributed by atoms with Gasteiger partial charge in [0.1, 0.15) is 0 Å². The third-order valence-corrected chi connectivity index (χ3v) is 3.51. The van der Waals surface area contributed by atoms with Gasteiger partial charge in [0.25, 0.3) is 5.91 Å². The Morgan fingerprint density at radius 2 is 1.70 bits per heavy atom. The predicted octanol–water partition coefficient (Wildman–Crippen LogP) is 3.23. The highest BCUT2D eigenvalue weighted by atomic mass is 16.2. The van der Waals surface area contributed by atoms with Crippen LogP contribution in [0.5, 0.6) is 0 Å². The summed E-state index contributed by atoms with van der Waals surface area (Å²) in [4.78, 5) is 24.1. The minimum Gasteiger partial charge on any atom is -0.343 e. The zero-order valence-corrected chi connectivity index (χ0v) is 13.8. The van der Waals surface area contributed by atoms with Gasteiger partial charge in [-0.25, -0.2) is 0 Å². The number of nitrogens with one attached hydrogen (secondary N) is 2. The van der Waals surface area contributed by atoms with E-state index in [9.17, 15) is 9.59 Å². The molecule has 0 spiro atoms. The lowest BCUT2D eigenvalue weighted by Crippen LogP contribution is -2.32. The summed E-state index contributed by atoms with van der Waals surface area (Å²) in [5.74, 6) is -0.481. The van der Waals surface area contributed by atoms with Gasteiger partial charge in [-0.3, -0.25) is 9.59 Å². The molecule has 0 saturated heterocycles. The predicted molar refractivity (Wildman–Crippen MR) is 92.7 cm³/mol. The molecule has 0 saturated carbocycles. The molecule has 4 heteroatoms. The van der Waals surface area contributed by atoms with Crippen molar-refractivity contribution in [2.75, 3.05) is 11.9 Å². The molecule has 0 aromatic heterocycles. The maximum atomic E-state index is 12.1. The summed E-state index contributed by atoms with van der Waals surface area (Å²) >= 11 is 0. The highest BCUT2D eigenvalue weighted by Gasteiger charge is 2.09. The first-order valence-corrected chi connectivity index (χ1v) is 7.73. The fourth-order valence-electron chi connectivity index (χ4n) is 2.44. The maximum Gasteiger partial charge on any atom is 0.251 e. The van der Waals surface area contributed by atoms with E-state index >= 15 is 0 Å². The summed E-state index contributed by atoms with van der Waals surface area (Å²) in [7, 11) is 0. The van der Waals surface area contributed by atoms with Crippen molar-refractivity contribution >= 4 is 17.5 Å². The van der Waals surface area contributed by atoms with Crippen molar-refractivity contribution in [3.63, 3.8) is 0 Å². The number of anilines is 1. The van der Waals surface area contributed by atoms with Crippen LogP contribution >= 0.6 is 0 Å². The Morgan fingerprint density at radius 3 is 2.35 bits per heavy atom. The summed E-state index contributed by atoms with van der Waals surface area (Å²) in [5.41, 5.74) is 4.52. The molecule has 23 heavy (non-hydrogen) atoms. The molecule has 0 atom stereocenters. The second-order valence-electron chi connectivity index (χ2n) is 5.66. The summed E-state index contributed by atoms with van der Waals surface area (Å²) < 4.78 is 0. The first-order valence-electron chi connectivity index (χ1n) is 7.73. The van der Waals surface area contributed by atoms with E-state index in [0.717, 1.165) is 28.8 Å². The molecule has 0 bridgehead atoms. The van der Waals surface area contributed by atoms with Gasteiger partial charge in [-0.1, -0.05) is 36.2 Å². The average molecular weight is 310 g/mol. The SMILES string of the molecule is CCc1cccc(NC(=O)CNC(=O)c2cc(C)cc(C)c2)c1. The largest absolute Gasteiger partial charge is 0.343 e. The molecule has 0 unspecified atom stereocenters. The molecule has 4 nitrogen and oxygen atoms in total. The molecule has 2 N–H and O–H groups in total. The van der Waals surface area contributed by atoms with Crippen LogP contribution in [0, 0.1) is 13.8 Å². The molecule has 0 fully saturated rings. The molecule has 0 aliphatic heterocycles. The van der Waals surface area contributed by atoms with Crippen molar-refractivity contribution in [3.05, 3.63) is 64.7 Å². The van der Waals surface area contributed by atoms with E-state index in [1.807, 2.05) is 56.3 Å². The number of amides is 2. The van der Waals surface area contributed by atoms with Crippen LogP contribution in [-0.2, 0) is 11.2 Å². The number of benzene rings is 2. The molecule has 2 rings (SSSR count). The second kappa shape index (κ2) is 7.58. The van der Waals surface area contributed by atoms with Crippen LogP contribution in [0.4, 0.5) is 5.69 Å². The molecular formula is C19H22N2O2. The maximum absolute atomic E-state index is 12.1. The van der Waals surface area contributed by atoms with Crippen molar-refractivity contribution in [1.82, 2.24) is 5.32 Å². The van der Waals surface area contributed by atoms with Gasteiger partial charge >= 0.3 is 0 Å². The van der Waals surface area contributed by atoms with Gasteiger partial charge in [0.15, 0.2) is 0 Å². The Hall–Kier alpha value is -2.62. The zero-order chi connectivity index (χ0) is 16.8. The molecule has 0 aliphatic rings. The minimum absolute atomic E-state index is 0.0534. The number of hydrogen-bond acceptors (Lipinski definition) is 2. The van der Waals surface area contributed by atoms with Crippen LogP contribution in [0.1, 0.15) is 34.0 Å². The van der Waals surface area contributed by atoms with Gasteiger partial charge in [0.2, 0.25) is 5.91 Å². The van der Waals surface area contributed by atoms with Gasteiger partial charge in [0, 0.05) is 11.3 Å². The van der Waals surface area contributed by atoms with E-state index in [0.29, 0.717) is 5.56 Å². The van der Waals surface area contributed by atoms with Gasteiger partial charge in [-0.05, 0) is 50.1 Å². The van der Waals surface area contributed by atoms with E-state index < -0.39 is 0 Å². The Morgan fingerprint density at radius 1 is 1.00 bits per heavy atom. The van der Waals surface area contributed by atoms with Crippen LogP contribution in [-0.4, -0.2) is 18.4 Å². The number of rotatable bonds is 5. The van der Waals surface area contributed by atoms with Crippen molar-refractivity contribution in [3.8, 4) is 0 Å². The van der Waals surface area contributed by atoms with Crippen LogP contribution < -0.4 is 10.6 Å². The quantitative estimate of drug-likeness (QED) is 0.891. The van der Waals surface area contributed by atoms with E-state index in [1.165, 1.54) is 0 Å². The van der Waals surface area contributed by atoms with Gasteiger partial charge in [-0.2, -0.15) is 0 Å². The third kappa shape index (κ3) is 4.95. The lowest BCUT2D eigenvalue weighted by molar-refractivity contribution is -0.115. The van der Waals surface area contributed by atoms with Crippen LogP contribution in [0.15, 0.2) is 42.5 Å². The topological polar surface area (TPSA) is 58.2 Å². The lowest BCUT2D eigenvalue weighted by atomic mass is 10.1. The standard InChI is InChI=1S/C19H22N2O2/c1-4-15-6-5-7-17(11-15)21-18(22)12-20-19(23)16-9-13(2)8-14(3)10-16/h5-11H,4,12H2,1-3H3,(H,20,23)(H,21,22). The van der Waals surface area contributed by atoms with Crippen molar-refractivity contribution in [2.45, 2.75) is 27.2 Å². The van der Waals surface area contributed by atoms with Crippen LogP contribution in [0.3, 0.4) is 0 Å². The number of carbonyl (C=O) groups excluding carboxylic acids is 2. The first kappa shape index (κ1) is 16.7.